The van der Waals surface area contributed by atoms with Gasteiger partial charge in [0.15, 0.2) is 0 Å². The van der Waals surface area contributed by atoms with Gasteiger partial charge in [-0.2, -0.15) is 0 Å². The SMILES string of the molecule is O=C(c1ccc(Cl)nc1Cl)N1CC(O)(C2CC2)C1. The Balaban J connectivity index is 1.72. The summed E-state index contributed by atoms with van der Waals surface area (Å²) in [5.74, 6) is 0.162. The highest BCUT2D eigenvalue weighted by molar-refractivity contribution is 6.34. The van der Waals surface area contributed by atoms with E-state index in [1.54, 1.807) is 11.0 Å². The van der Waals surface area contributed by atoms with Crippen LogP contribution in [0.15, 0.2) is 12.1 Å². The molecule has 1 aliphatic carbocycles. The van der Waals surface area contributed by atoms with Crippen LogP contribution in [0.2, 0.25) is 10.3 Å². The molecule has 1 N–H and O–H groups in total. The van der Waals surface area contributed by atoms with Crippen LogP contribution in [-0.4, -0.2) is 39.6 Å². The van der Waals surface area contributed by atoms with Gasteiger partial charge in [0.25, 0.3) is 5.91 Å². The van der Waals surface area contributed by atoms with Crippen molar-refractivity contribution in [2.75, 3.05) is 13.1 Å². The van der Waals surface area contributed by atoms with Crippen molar-refractivity contribution < 1.29 is 9.90 Å². The molecule has 18 heavy (non-hydrogen) atoms. The van der Waals surface area contributed by atoms with E-state index in [9.17, 15) is 9.90 Å². The lowest BCUT2D eigenvalue weighted by molar-refractivity contribution is -0.0958. The van der Waals surface area contributed by atoms with Crippen molar-refractivity contribution in [1.82, 2.24) is 9.88 Å². The first-order valence-electron chi connectivity index (χ1n) is 5.83. The Morgan fingerprint density at radius 2 is 2.06 bits per heavy atom. The largest absolute Gasteiger partial charge is 0.386 e. The summed E-state index contributed by atoms with van der Waals surface area (Å²) in [7, 11) is 0. The smallest absolute Gasteiger partial charge is 0.257 e. The first-order chi connectivity index (χ1) is 8.49. The Kier molecular flexibility index (Phi) is 2.77. The van der Waals surface area contributed by atoms with E-state index < -0.39 is 5.60 Å². The van der Waals surface area contributed by atoms with Crippen molar-refractivity contribution in [3.05, 3.63) is 28.0 Å². The lowest BCUT2D eigenvalue weighted by atomic mass is 9.88. The number of aromatic nitrogens is 1. The predicted molar refractivity (Wildman–Crippen MR) is 67.8 cm³/mol. The minimum Gasteiger partial charge on any atom is -0.386 e. The molecule has 0 unspecified atom stereocenters. The number of rotatable bonds is 2. The van der Waals surface area contributed by atoms with Gasteiger partial charge in [-0.15, -0.1) is 0 Å². The number of β-amino-alcohol motifs (C(OH)–C–C–N with tert-alkyl or cyclic N) is 1. The Morgan fingerprint density at radius 1 is 1.39 bits per heavy atom. The summed E-state index contributed by atoms with van der Waals surface area (Å²) in [4.78, 5) is 17.6. The number of hydrogen-bond donors (Lipinski definition) is 1. The number of hydrogen-bond acceptors (Lipinski definition) is 3. The molecule has 1 aromatic rings. The molecule has 1 aliphatic heterocycles. The topological polar surface area (TPSA) is 53.4 Å². The van der Waals surface area contributed by atoms with E-state index in [4.69, 9.17) is 23.2 Å². The van der Waals surface area contributed by atoms with Crippen LogP contribution in [-0.2, 0) is 0 Å². The van der Waals surface area contributed by atoms with E-state index in [1.807, 2.05) is 0 Å². The van der Waals surface area contributed by atoms with Crippen molar-refractivity contribution in [2.24, 2.45) is 5.92 Å². The van der Waals surface area contributed by atoms with Gasteiger partial charge in [-0.1, -0.05) is 23.2 Å². The zero-order chi connectivity index (χ0) is 12.9. The molecule has 1 aromatic heterocycles. The highest BCUT2D eigenvalue weighted by Gasteiger charge is 2.53. The molecule has 1 saturated carbocycles. The van der Waals surface area contributed by atoms with Crippen LogP contribution >= 0.6 is 23.2 Å². The fourth-order valence-electron chi connectivity index (χ4n) is 2.38. The van der Waals surface area contributed by atoms with Gasteiger partial charge in [0.05, 0.1) is 18.7 Å². The summed E-state index contributed by atoms with van der Waals surface area (Å²) in [5.41, 5.74) is -0.346. The van der Waals surface area contributed by atoms with Crippen LogP contribution in [0.4, 0.5) is 0 Å². The van der Waals surface area contributed by atoms with Crippen molar-refractivity contribution in [3.63, 3.8) is 0 Å². The van der Waals surface area contributed by atoms with E-state index in [0.717, 1.165) is 12.8 Å². The summed E-state index contributed by atoms with van der Waals surface area (Å²) in [5, 5.41) is 10.5. The Hall–Kier alpha value is -0.840. The highest BCUT2D eigenvalue weighted by Crippen LogP contribution is 2.44. The molecular weight excluding hydrogens is 275 g/mol. The van der Waals surface area contributed by atoms with Crippen molar-refractivity contribution >= 4 is 29.1 Å². The molecule has 96 valence electrons. The summed E-state index contributed by atoms with van der Waals surface area (Å²) in [6.45, 7) is 0.769. The Morgan fingerprint density at radius 3 is 2.61 bits per heavy atom. The normalized spacial score (nSPS) is 21.6. The number of nitrogens with zero attached hydrogens (tertiary/aromatic N) is 2. The zero-order valence-electron chi connectivity index (χ0n) is 9.57. The quantitative estimate of drug-likeness (QED) is 0.846. The van der Waals surface area contributed by atoms with E-state index in [2.05, 4.69) is 4.98 Å². The summed E-state index contributed by atoms with van der Waals surface area (Å²) in [6, 6.07) is 3.10. The molecule has 0 radical (unpaired) electrons. The highest BCUT2D eigenvalue weighted by atomic mass is 35.5. The number of likely N-dealkylation sites (tertiary alicyclic amines) is 1. The number of aliphatic hydroxyl groups is 1. The second-order valence-corrected chi connectivity index (χ2v) is 5.76. The molecule has 2 heterocycles. The fourth-order valence-corrected chi connectivity index (χ4v) is 2.80. The third-order valence-corrected chi connectivity index (χ3v) is 4.10. The first kappa shape index (κ1) is 12.2. The average Bonchev–Trinajstić information content (AvgIpc) is 3.08. The van der Waals surface area contributed by atoms with E-state index in [0.29, 0.717) is 24.6 Å². The van der Waals surface area contributed by atoms with Gasteiger partial charge in [-0.25, -0.2) is 4.98 Å². The van der Waals surface area contributed by atoms with Crippen molar-refractivity contribution in [2.45, 2.75) is 18.4 Å². The predicted octanol–water partition coefficient (Wildman–Crippen LogP) is 1.99. The van der Waals surface area contributed by atoms with E-state index in [1.165, 1.54) is 6.07 Å². The fraction of sp³-hybridized carbons (Fsp3) is 0.500. The maximum atomic E-state index is 12.1. The summed E-state index contributed by atoms with van der Waals surface area (Å²) in [6.07, 6.45) is 2.11. The first-order valence-corrected chi connectivity index (χ1v) is 6.59. The number of halogens is 2. The van der Waals surface area contributed by atoms with Crippen LogP contribution < -0.4 is 0 Å². The number of pyridine rings is 1. The monoisotopic (exact) mass is 286 g/mol. The molecule has 2 aliphatic rings. The van der Waals surface area contributed by atoms with Crippen molar-refractivity contribution in [1.29, 1.82) is 0 Å². The van der Waals surface area contributed by atoms with E-state index >= 15 is 0 Å². The molecule has 3 rings (SSSR count). The van der Waals surface area contributed by atoms with Gasteiger partial charge >= 0.3 is 0 Å². The number of carbonyl (C=O) groups is 1. The molecular formula is C12H12Cl2N2O2. The van der Waals surface area contributed by atoms with Gasteiger partial charge < -0.3 is 10.0 Å². The van der Waals surface area contributed by atoms with Gasteiger partial charge in [-0.05, 0) is 30.9 Å². The second kappa shape index (κ2) is 4.08. The molecule has 0 aromatic carbocycles. The third-order valence-electron chi connectivity index (χ3n) is 3.60. The van der Waals surface area contributed by atoms with Crippen LogP contribution in [0.5, 0.6) is 0 Å². The lowest BCUT2D eigenvalue weighted by Crippen LogP contribution is -2.64. The Labute approximate surface area is 115 Å². The van der Waals surface area contributed by atoms with Gasteiger partial charge in [0.1, 0.15) is 15.9 Å². The molecule has 2 fully saturated rings. The van der Waals surface area contributed by atoms with Gasteiger partial charge in [0, 0.05) is 0 Å². The lowest BCUT2D eigenvalue weighted by Gasteiger charge is -2.47. The van der Waals surface area contributed by atoms with Gasteiger partial charge in [-0.3, -0.25) is 4.79 Å². The minimum atomic E-state index is -0.679. The van der Waals surface area contributed by atoms with Gasteiger partial charge in [0.2, 0.25) is 0 Å². The summed E-state index contributed by atoms with van der Waals surface area (Å²) < 4.78 is 0. The molecule has 0 atom stereocenters. The number of amides is 1. The molecule has 1 saturated heterocycles. The van der Waals surface area contributed by atoms with Crippen LogP contribution in [0.1, 0.15) is 23.2 Å². The average molecular weight is 287 g/mol. The standard InChI is InChI=1S/C12H12Cl2N2O2/c13-9-4-3-8(10(14)15-9)11(17)16-5-12(18,6-16)7-1-2-7/h3-4,7,18H,1-2,5-6H2. The second-order valence-electron chi connectivity index (χ2n) is 5.01. The maximum absolute atomic E-state index is 12.1. The van der Waals surface area contributed by atoms with Crippen LogP contribution in [0, 0.1) is 5.92 Å². The molecule has 1 amide bonds. The molecule has 4 nitrogen and oxygen atoms in total. The van der Waals surface area contributed by atoms with E-state index in [-0.39, 0.29) is 16.2 Å². The van der Waals surface area contributed by atoms with Crippen LogP contribution in [0.3, 0.4) is 0 Å². The van der Waals surface area contributed by atoms with Crippen molar-refractivity contribution in [3.8, 4) is 0 Å². The molecule has 0 bridgehead atoms. The molecule has 0 spiro atoms. The summed E-state index contributed by atoms with van der Waals surface area (Å²) >= 11 is 11.6. The third kappa shape index (κ3) is 1.98. The zero-order valence-corrected chi connectivity index (χ0v) is 11.1. The minimum absolute atomic E-state index is 0.106. The molecule has 6 heteroatoms. The number of carbonyl (C=O) groups excluding carboxylic acids is 1. The maximum Gasteiger partial charge on any atom is 0.257 e. The Bertz CT molecular complexity index is 511. The van der Waals surface area contributed by atoms with Crippen LogP contribution in [0.25, 0.3) is 0 Å².